The quantitative estimate of drug-likeness (QED) is 0.625. The van der Waals surface area contributed by atoms with Crippen LogP contribution in [0.4, 0.5) is 0 Å². The third-order valence-corrected chi connectivity index (χ3v) is 2.47. The number of nitrogens with zero attached hydrogens (tertiary/aromatic N) is 3. The molecule has 0 saturated carbocycles. The number of hydrogen-bond acceptors (Lipinski definition) is 4. The van der Waals surface area contributed by atoms with Crippen LogP contribution in [0.15, 0.2) is 21.8 Å². The minimum Gasteiger partial charge on any atom is -0.364 e. The molecule has 1 heterocycles. The largest absolute Gasteiger partial charge is 0.364 e. The van der Waals surface area contributed by atoms with Crippen molar-refractivity contribution < 1.29 is 9.32 Å². The van der Waals surface area contributed by atoms with Gasteiger partial charge in [-0.25, -0.2) is 4.99 Å². The van der Waals surface area contributed by atoms with Crippen molar-refractivity contribution in [2.45, 2.75) is 39.8 Å². The monoisotopic (exact) mass is 295 g/mol. The summed E-state index contributed by atoms with van der Waals surface area (Å²) in [7, 11) is 1.83. The van der Waals surface area contributed by atoms with Gasteiger partial charge in [-0.3, -0.25) is 4.79 Å². The zero-order valence-electron chi connectivity index (χ0n) is 13.4. The Labute approximate surface area is 125 Å². The molecular weight excluding hydrogens is 270 g/mol. The van der Waals surface area contributed by atoms with E-state index >= 15 is 0 Å². The van der Waals surface area contributed by atoms with Gasteiger partial charge in [0.15, 0.2) is 5.96 Å². The second kappa shape index (κ2) is 7.66. The first-order chi connectivity index (χ1) is 9.81. The Bertz CT molecular complexity index is 462. The SMILES string of the molecule is CCNC(=NCc1ccon1)N(C)CC(=O)NC(C)(C)C. The van der Waals surface area contributed by atoms with Crippen molar-refractivity contribution in [1.29, 1.82) is 0 Å². The third-order valence-electron chi connectivity index (χ3n) is 2.47. The van der Waals surface area contributed by atoms with Crippen LogP contribution >= 0.6 is 0 Å². The second-order valence-electron chi connectivity index (χ2n) is 5.82. The van der Waals surface area contributed by atoms with Gasteiger partial charge >= 0.3 is 0 Å². The van der Waals surface area contributed by atoms with Gasteiger partial charge in [-0.15, -0.1) is 0 Å². The highest BCUT2D eigenvalue weighted by Crippen LogP contribution is 2.00. The van der Waals surface area contributed by atoms with Gasteiger partial charge in [0.1, 0.15) is 12.0 Å². The van der Waals surface area contributed by atoms with Crippen LogP contribution in [0, 0.1) is 0 Å². The third kappa shape index (κ3) is 6.78. The van der Waals surface area contributed by atoms with E-state index in [1.165, 1.54) is 6.26 Å². The van der Waals surface area contributed by atoms with Gasteiger partial charge in [0.25, 0.3) is 0 Å². The maximum absolute atomic E-state index is 11.9. The Hall–Kier alpha value is -2.05. The molecule has 0 aromatic carbocycles. The Morgan fingerprint density at radius 2 is 2.19 bits per heavy atom. The summed E-state index contributed by atoms with van der Waals surface area (Å²) in [5.41, 5.74) is 0.506. The molecule has 1 aromatic rings. The minimum atomic E-state index is -0.242. The van der Waals surface area contributed by atoms with E-state index in [0.29, 0.717) is 12.5 Å². The van der Waals surface area contributed by atoms with E-state index in [0.717, 1.165) is 12.2 Å². The number of carbonyl (C=O) groups excluding carboxylic acids is 1. The molecule has 0 atom stereocenters. The van der Waals surface area contributed by atoms with Crippen molar-refractivity contribution in [3.8, 4) is 0 Å². The predicted octanol–water partition coefficient (Wildman–Crippen LogP) is 0.987. The van der Waals surface area contributed by atoms with E-state index in [-0.39, 0.29) is 18.0 Å². The molecule has 0 unspecified atom stereocenters. The summed E-state index contributed by atoms with van der Waals surface area (Å²) in [4.78, 5) is 18.2. The number of likely N-dealkylation sites (N-methyl/N-ethyl adjacent to an activating group) is 1. The average molecular weight is 295 g/mol. The molecule has 2 N–H and O–H groups in total. The van der Waals surface area contributed by atoms with Crippen LogP contribution in [-0.4, -0.2) is 47.6 Å². The van der Waals surface area contributed by atoms with Crippen LogP contribution in [0.3, 0.4) is 0 Å². The molecule has 7 heteroatoms. The number of rotatable bonds is 5. The van der Waals surface area contributed by atoms with Crippen LogP contribution in [-0.2, 0) is 11.3 Å². The summed E-state index contributed by atoms with van der Waals surface area (Å²) in [5, 5.41) is 9.89. The van der Waals surface area contributed by atoms with Gasteiger partial charge in [-0.1, -0.05) is 5.16 Å². The Balaban J connectivity index is 2.62. The second-order valence-corrected chi connectivity index (χ2v) is 5.82. The number of guanidine groups is 1. The normalized spacial score (nSPS) is 12.1. The van der Waals surface area contributed by atoms with Gasteiger partial charge in [0.05, 0.1) is 13.1 Å². The van der Waals surface area contributed by atoms with Crippen molar-refractivity contribution >= 4 is 11.9 Å². The molecule has 0 aliphatic carbocycles. The van der Waals surface area contributed by atoms with Crippen LogP contribution in [0.2, 0.25) is 0 Å². The number of nitrogens with one attached hydrogen (secondary N) is 2. The molecule has 118 valence electrons. The summed E-state index contributed by atoms with van der Waals surface area (Å²) in [5.74, 6) is 0.613. The topological polar surface area (TPSA) is 82.8 Å². The molecule has 0 spiro atoms. The van der Waals surface area contributed by atoms with Crippen LogP contribution in [0.25, 0.3) is 0 Å². The molecular formula is C14H25N5O2. The van der Waals surface area contributed by atoms with Crippen molar-refractivity contribution in [3.05, 3.63) is 18.0 Å². The minimum absolute atomic E-state index is 0.0444. The lowest BCUT2D eigenvalue weighted by Gasteiger charge is -2.25. The predicted molar refractivity (Wildman–Crippen MR) is 81.8 cm³/mol. The van der Waals surface area contributed by atoms with Crippen molar-refractivity contribution in [3.63, 3.8) is 0 Å². The van der Waals surface area contributed by atoms with E-state index in [2.05, 4.69) is 20.8 Å². The van der Waals surface area contributed by atoms with Crippen LogP contribution in [0.5, 0.6) is 0 Å². The Morgan fingerprint density at radius 3 is 2.71 bits per heavy atom. The summed E-state index contributed by atoms with van der Waals surface area (Å²) >= 11 is 0. The van der Waals surface area contributed by atoms with Crippen molar-refractivity contribution in [1.82, 2.24) is 20.7 Å². The average Bonchev–Trinajstić information content (AvgIpc) is 2.84. The molecule has 21 heavy (non-hydrogen) atoms. The van der Waals surface area contributed by atoms with E-state index in [1.54, 1.807) is 11.0 Å². The highest BCUT2D eigenvalue weighted by molar-refractivity contribution is 5.86. The van der Waals surface area contributed by atoms with Gasteiger partial charge in [0, 0.05) is 25.2 Å². The molecule has 1 aromatic heterocycles. The number of hydrogen-bond donors (Lipinski definition) is 2. The zero-order valence-corrected chi connectivity index (χ0v) is 13.4. The summed E-state index contributed by atoms with van der Waals surface area (Å²) in [6, 6.07) is 1.76. The number of aliphatic imine (C=N–C) groups is 1. The molecule has 1 amide bonds. The van der Waals surface area contributed by atoms with Gasteiger partial charge in [-0.2, -0.15) is 0 Å². The number of carbonyl (C=O) groups is 1. The first-order valence-corrected chi connectivity index (χ1v) is 7.01. The summed E-state index contributed by atoms with van der Waals surface area (Å²) in [6.45, 7) is 9.21. The highest BCUT2D eigenvalue weighted by atomic mass is 16.5. The molecule has 0 saturated heterocycles. The molecule has 0 fully saturated rings. The fraction of sp³-hybridized carbons (Fsp3) is 0.643. The number of aromatic nitrogens is 1. The maximum atomic E-state index is 11.9. The van der Waals surface area contributed by atoms with Gasteiger partial charge in [0.2, 0.25) is 5.91 Å². The molecule has 0 bridgehead atoms. The van der Waals surface area contributed by atoms with Crippen LogP contribution in [0.1, 0.15) is 33.4 Å². The molecule has 0 aliphatic heterocycles. The van der Waals surface area contributed by atoms with Crippen LogP contribution < -0.4 is 10.6 Å². The standard InChI is InChI=1S/C14H25N5O2/c1-6-15-13(16-9-11-7-8-21-18-11)19(5)10-12(20)17-14(2,3)4/h7-8H,6,9-10H2,1-5H3,(H,15,16)(H,17,20). The molecule has 0 aliphatic rings. The lowest BCUT2D eigenvalue weighted by molar-refractivity contribution is -0.122. The lowest BCUT2D eigenvalue weighted by atomic mass is 10.1. The summed E-state index contributed by atoms with van der Waals surface area (Å²) in [6.07, 6.45) is 1.51. The molecule has 7 nitrogen and oxygen atoms in total. The molecule has 1 rings (SSSR count). The Morgan fingerprint density at radius 1 is 1.48 bits per heavy atom. The van der Waals surface area contributed by atoms with Gasteiger partial charge in [-0.05, 0) is 27.7 Å². The van der Waals surface area contributed by atoms with E-state index < -0.39 is 0 Å². The van der Waals surface area contributed by atoms with Crippen molar-refractivity contribution in [2.24, 2.45) is 4.99 Å². The van der Waals surface area contributed by atoms with Crippen molar-refractivity contribution in [2.75, 3.05) is 20.1 Å². The number of amides is 1. The lowest BCUT2D eigenvalue weighted by Crippen LogP contribution is -2.48. The fourth-order valence-electron chi connectivity index (χ4n) is 1.69. The van der Waals surface area contributed by atoms with Gasteiger partial charge < -0.3 is 20.1 Å². The summed E-state index contributed by atoms with van der Waals surface area (Å²) < 4.78 is 4.77. The fourth-order valence-corrected chi connectivity index (χ4v) is 1.69. The first-order valence-electron chi connectivity index (χ1n) is 7.01. The van der Waals surface area contributed by atoms with E-state index in [9.17, 15) is 4.79 Å². The Kier molecular flexibility index (Phi) is 6.20. The smallest absolute Gasteiger partial charge is 0.240 e. The highest BCUT2D eigenvalue weighted by Gasteiger charge is 2.16. The molecule has 0 radical (unpaired) electrons. The maximum Gasteiger partial charge on any atom is 0.240 e. The zero-order chi connectivity index (χ0) is 15.9. The van der Waals surface area contributed by atoms with E-state index in [1.807, 2.05) is 34.7 Å². The first kappa shape index (κ1) is 17.0. The van der Waals surface area contributed by atoms with E-state index in [4.69, 9.17) is 4.52 Å².